The Morgan fingerprint density at radius 1 is 1.30 bits per heavy atom. The number of carboxylic acids is 1. The molecule has 0 amide bonds. The van der Waals surface area contributed by atoms with Crippen LogP contribution >= 0.6 is 0 Å². The Balaban J connectivity index is 2.01. The number of rotatable bonds is 3. The first-order valence-electron chi connectivity index (χ1n) is 6.04. The maximum absolute atomic E-state index is 11.1. The van der Waals surface area contributed by atoms with Crippen molar-refractivity contribution in [2.24, 2.45) is 0 Å². The van der Waals surface area contributed by atoms with E-state index in [1.165, 1.54) is 0 Å². The molecule has 0 aliphatic carbocycles. The number of hydrogen-bond acceptors (Lipinski definition) is 4. The van der Waals surface area contributed by atoms with Crippen LogP contribution in [0.25, 0.3) is 5.52 Å². The highest BCUT2D eigenvalue weighted by Crippen LogP contribution is 2.21. The molecule has 2 aromatic heterocycles. The Bertz CT molecular complexity index is 795. The monoisotopic (exact) mass is 268 g/mol. The number of aromatic carboxylic acids is 1. The molecule has 2 heterocycles. The van der Waals surface area contributed by atoms with E-state index in [4.69, 9.17) is 5.11 Å². The maximum atomic E-state index is 11.1. The van der Waals surface area contributed by atoms with Gasteiger partial charge in [-0.15, -0.1) is 0 Å². The summed E-state index contributed by atoms with van der Waals surface area (Å²) >= 11 is 0. The van der Waals surface area contributed by atoms with Gasteiger partial charge < -0.3 is 10.4 Å². The van der Waals surface area contributed by atoms with Crippen LogP contribution in [-0.4, -0.2) is 25.7 Å². The summed E-state index contributed by atoms with van der Waals surface area (Å²) in [6.07, 6.45) is 5.06. The molecule has 0 aliphatic rings. The van der Waals surface area contributed by atoms with Crippen LogP contribution < -0.4 is 5.32 Å². The van der Waals surface area contributed by atoms with Gasteiger partial charge in [-0.1, -0.05) is 6.07 Å². The first kappa shape index (κ1) is 12.2. The Labute approximate surface area is 114 Å². The van der Waals surface area contributed by atoms with E-state index in [0.29, 0.717) is 11.5 Å². The fourth-order valence-corrected chi connectivity index (χ4v) is 2.02. The lowest BCUT2D eigenvalue weighted by Gasteiger charge is -2.09. The van der Waals surface area contributed by atoms with Crippen molar-refractivity contribution in [3.05, 3.63) is 54.0 Å². The number of nitrogens with zero attached hydrogens (tertiary/aromatic N) is 3. The van der Waals surface area contributed by atoms with Gasteiger partial charge in [0.2, 0.25) is 0 Å². The zero-order valence-electron chi connectivity index (χ0n) is 10.7. The normalized spacial score (nSPS) is 10.7. The number of anilines is 2. The summed E-state index contributed by atoms with van der Waals surface area (Å²) in [5.41, 5.74) is 2.49. The van der Waals surface area contributed by atoms with Crippen LogP contribution in [0.2, 0.25) is 0 Å². The molecule has 0 atom stereocenters. The van der Waals surface area contributed by atoms with E-state index in [1.54, 1.807) is 42.2 Å². The first-order chi connectivity index (χ1) is 9.65. The zero-order chi connectivity index (χ0) is 14.1. The van der Waals surface area contributed by atoms with Gasteiger partial charge in [0, 0.05) is 18.1 Å². The Morgan fingerprint density at radius 2 is 2.15 bits per heavy atom. The number of benzene rings is 1. The van der Waals surface area contributed by atoms with E-state index in [0.717, 1.165) is 11.1 Å². The van der Waals surface area contributed by atoms with Crippen LogP contribution in [0, 0.1) is 6.92 Å². The zero-order valence-corrected chi connectivity index (χ0v) is 10.7. The third-order valence-corrected chi connectivity index (χ3v) is 3.06. The number of aryl methyl sites for hydroxylation is 1. The molecule has 0 saturated heterocycles. The van der Waals surface area contributed by atoms with E-state index in [2.05, 4.69) is 15.4 Å². The van der Waals surface area contributed by atoms with Gasteiger partial charge in [-0.25, -0.2) is 14.3 Å². The topological polar surface area (TPSA) is 79.5 Å². The summed E-state index contributed by atoms with van der Waals surface area (Å²) in [5.74, 6) is -0.313. The lowest BCUT2D eigenvalue weighted by Crippen LogP contribution is -2.02. The van der Waals surface area contributed by atoms with Gasteiger partial charge in [0.15, 0.2) is 5.82 Å². The average molecular weight is 268 g/mol. The van der Waals surface area contributed by atoms with Crippen molar-refractivity contribution >= 4 is 23.0 Å². The fraction of sp³-hybridized carbons (Fsp3) is 0.0714. The van der Waals surface area contributed by atoms with Crippen molar-refractivity contribution < 1.29 is 9.90 Å². The summed E-state index contributed by atoms with van der Waals surface area (Å²) < 4.78 is 1.70. The molecule has 6 heteroatoms. The van der Waals surface area contributed by atoms with Crippen LogP contribution in [0.1, 0.15) is 15.9 Å². The van der Waals surface area contributed by atoms with E-state index in [-0.39, 0.29) is 5.56 Å². The molecule has 3 rings (SSSR count). The summed E-state index contributed by atoms with van der Waals surface area (Å²) in [6, 6.07) is 7.02. The van der Waals surface area contributed by atoms with Crippen molar-refractivity contribution in [2.45, 2.75) is 6.92 Å². The second kappa shape index (κ2) is 4.65. The molecule has 0 spiro atoms. The second-order valence-electron chi connectivity index (χ2n) is 4.40. The summed E-state index contributed by atoms with van der Waals surface area (Å²) in [5, 5.41) is 16.4. The predicted octanol–water partition coefficient (Wildman–Crippen LogP) is 2.48. The number of nitrogens with one attached hydrogen (secondary N) is 1. The highest BCUT2D eigenvalue weighted by atomic mass is 16.4. The number of fused-ring (bicyclic) bond motifs is 1. The van der Waals surface area contributed by atoms with Gasteiger partial charge in [-0.3, -0.25) is 0 Å². The van der Waals surface area contributed by atoms with Gasteiger partial charge in [0.05, 0.1) is 11.8 Å². The van der Waals surface area contributed by atoms with Gasteiger partial charge >= 0.3 is 5.97 Å². The van der Waals surface area contributed by atoms with Crippen LogP contribution in [0.3, 0.4) is 0 Å². The standard InChI is InChI=1S/C14H12N4O2/c1-9-2-3-10(8-11(9)14(19)20)17-13-12-4-5-16-18(12)7-6-15-13/h2-8H,1H3,(H,15,17)(H,19,20). The Hall–Kier alpha value is -2.89. The molecule has 1 aromatic carbocycles. The number of hydrogen-bond donors (Lipinski definition) is 2. The molecule has 6 nitrogen and oxygen atoms in total. The van der Waals surface area contributed by atoms with E-state index in [1.807, 2.05) is 12.1 Å². The van der Waals surface area contributed by atoms with Crippen molar-refractivity contribution in [3.8, 4) is 0 Å². The van der Waals surface area contributed by atoms with Crippen LogP contribution in [-0.2, 0) is 0 Å². The molecule has 0 saturated carbocycles. The second-order valence-corrected chi connectivity index (χ2v) is 4.40. The van der Waals surface area contributed by atoms with Crippen molar-refractivity contribution in [1.29, 1.82) is 0 Å². The first-order valence-corrected chi connectivity index (χ1v) is 6.04. The van der Waals surface area contributed by atoms with Gasteiger partial charge in [-0.2, -0.15) is 5.10 Å². The molecule has 20 heavy (non-hydrogen) atoms. The minimum atomic E-state index is -0.943. The molecular weight excluding hydrogens is 256 g/mol. The third kappa shape index (κ3) is 2.07. The molecule has 100 valence electrons. The summed E-state index contributed by atoms with van der Waals surface area (Å²) in [6.45, 7) is 1.77. The van der Waals surface area contributed by atoms with E-state index < -0.39 is 5.97 Å². The molecular formula is C14H12N4O2. The Kier molecular flexibility index (Phi) is 2.83. The number of aromatic nitrogens is 3. The molecule has 0 aliphatic heterocycles. The highest BCUT2D eigenvalue weighted by Gasteiger charge is 2.09. The largest absolute Gasteiger partial charge is 0.478 e. The van der Waals surface area contributed by atoms with Crippen molar-refractivity contribution in [2.75, 3.05) is 5.32 Å². The Morgan fingerprint density at radius 3 is 2.95 bits per heavy atom. The van der Waals surface area contributed by atoms with Crippen LogP contribution in [0.4, 0.5) is 11.5 Å². The SMILES string of the molecule is Cc1ccc(Nc2nccn3nccc23)cc1C(=O)O. The molecule has 0 bridgehead atoms. The summed E-state index contributed by atoms with van der Waals surface area (Å²) in [7, 11) is 0. The van der Waals surface area contributed by atoms with Gasteiger partial charge in [0.1, 0.15) is 5.52 Å². The van der Waals surface area contributed by atoms with Crippen LogP contribution in [0.15, 0.2) is 42.9 Å². The van der Waals surface area contributed by atoms with E-state index >= 15 is 0 Å². The smallest absolute Gasteiger partial charge is 0.336 e. The molecule has 2 N–H and O–H groups in total. The number of carbonyl (C=O) groups is 1. The fourth-order valence-electron chi connectivity index (χ4n) is 2.02. The molecule has 3 aromatic rings. The predicted molar refractivity (Wildman–Crippen MR) is 74.4 cm³/mol. The van der Waals surface area contributed by atoms with Gasteiger partial charge in [-0.05, 0) is 30.7 Å². The average Bonchev–Trinajstić information content (AvgIpc) is 2.90. The minimum Gasteiger partial charge on any atom is -0.478 e. The van der Waals surface area contributed by atoms with Gasteiger partial charge in [0.25, 0.3) is 0 Å². The lowest BCUT2D eigenvalue weighted by molar-refractivity contribution is 0.0696. The molecule has 0 unspecified atom stereocenters. The lowest BCUT2D eigenvalue weighted by atomic mass is 10.1. The maximum Gasteiger partial charge on any atom is 0.336 e. The quantitative estimate of drug-likeness (QED) is 0.762. The van der Waals surface area contributed by atoms with Crippen molar-refractivity contribution in [3.63, 3.8) is 0 Å². The third-order valence-electron chi connectivity index (χ3n) is 3.06. The van der Waals surface area contributed by atoms with Crippen LogP contribution in [0.5, 0.6) is 0 Å². The summed E-state index contributed by atoms with van der Waals surface area (Å²) in [4.78, 5) is 15.4. The van der Waals surface area contributed by atoms with E-state index in [9.17, 15) is 4.79 Å². The molecule has 0 radical (unpaired) electrons. The number of carboxylic acid groups (broad SMARTS) is 1. The van der Waals surface area contributed by atoms with Crippen molar-refractivity contribution in [1.82, 2.24) is 14.6 Å². The molecule has 0 fully saturated rings. The highest BCUT2D eigenvalue weighted by molar-refractivity contribution is 5.91. The minimum absolute atomic E-state index is 0.274.